The van der Waals surface area contributed by atoms with Crippen molar-refractivity contribution in [3.8, 4) is 0 Å². The normalized spacial score (nSPS) is 14.6. The Labute approximate surface area is 128 Å². The quantitative estimate of drug-likeness (QED) is 0.743. The molecule has 1 unspecified atom stereocenters. The number of hydrogen-bond acceptors (Lipinski definition) is 4. The van der Waals surface area contributed by atoms with E-state index in [1.165, 1.54) is 5.56 Å². The molecule has 0 aliphatic rings. The Balaban J connectivity index is 3.20. The molecule has 0 aliphatic heterocycles. The van der Waals surface area contributed by atoms with E-state index in [1.807, 2.05) is 12.1 Å². The summed E-state index contributed by atoms with van der Waals surface area (Å²) in [5.74, 6) is 0. The summed E-state index contributed by atoms with van der Waals surface area (Å²) in [7, 11) is -2.45. The summed E-state index contributed by atoms with van der Waals surface area (Å²) in [6.45, 7) is 12.6. The molecule has 21 heavy (non-hydrogen) atoms. The molecule has 0 aliphatic carbocycles. The molecule has 0 fully saturated rings. The number of hydrogen-bond donors (Lipinski definition) is 3. The maximum Gasteiger partial charge on any atom is 0.327 e. The molecule has 0 heterocycles. The van der Waals surface area contributed by atoms with E-state index in [0.29, 0.717) is 0 Å². The van der Waals surface area contributed by atoms with Crippen LogP contribution in [0.5, 0.6) is 0 Å². The van der Waals surface area contributed by atoms with Crippen molar-refractivity contribution in [2.24, 2.45) is 0 Å². The first-order valence-electron chi connectivity index (χ1n) is 7.06. The Morgan fingerprint density at radius 1 is 1.05 bits per heavy atom. The summed E-state index contributed by atoms with van der Waals surface area (Å²) >= 11 is 0. The molecule has 5 heteroatoms. The van der Waals surface area contributed by atoms with Crippen molar-refractivity contribution in [2.45, 2.75) is 58.5 Å². The summed E-state index contributed by atoms with van der Waals surface area (Å²) < 4.78 is 4.75. The maximum absolute atomic E-state index is 10.3. The van der Waals surface area contributed by atoms with E-state index in [2.05, 4.69) is 47.6 Å². The molecule has 1 aromatic carbocycles. The van der Waals surface area contributed by atoms with Crippen LogP contribution in [0.15, 0.2) is 18.2 Å². The lowest BCUT2D eigenvalue weighted by Crippen LogP contribution is -2.20. The van der Waals surface area contributed by atoms with Gasteiger partial charge in [0.1, 0.15) is 6.10 Å². The highest BCUT2D eigenvalue weighted by Gasteiger charge is 2.25. The highest BCUT2D eigenvalue weighted by Crippen LogP contribution is 2.35. The number of rotatable bonds is 4. The van der Waals surface area contributed by atoms with E-state index in [-0.39, 0.29) is 17.4 Å². The summed E-state index contributed by atoms with van der Waals surface area (Å²) in [6.07, 6.45) is -0.877. The molecule has 4 nitrogen and oxygen atoms in total. The Kier molecular flexibility index (Phi) is 5.93. The summed E-state index contributed by atoms with van der Waals surface area (Å²) in [5.41, 5.74) is 2.93. The molecule has 0 saturated carbocycles. The van der Waals surface area contributed by atoms with E-state index in [0.717, 1.165) is 11.1 Å². The molecule has 0 spiro atoms. The van der Waals surface area contributed by atoms with Gasteiger partial charge in [0, 0.05) is 0 Å². The lowest BCUT2D eigenvalue weighted by Gasteiger charge is -2.29. The standard InChI is InChI=1S/C16H27O4P/c1-15(2,3)11-7-8-12(13(9-11)16(4,5)6)14(17)10-20-21(18)19/h7-9,14,17-19H,10H2,1-6H3. The number of aliphatic hydroxyl groups excluding tert-OH is 1. The van der Waals surface area contributed by atoms with Gasteiger partial charge in [0.2, 0.25) is 0 Å². The van der Waals surface area contributed by atoms with Crippen molar-refractivity contribution in [1.82, 2.24) is 0 Å². The van der Waals surface area contributed by atoms with Gasteiger partial charge < -0.3 is 19.4 Å². The minimum atomic E-state index is -2.45. The van der Waals surface area contributed by atoms with E-state index >= 15 is 0 Å². The van der Waals surface area contributed by atoms with Gasteiger partial charge in [-0.15, -0.1) is 0 Å². The van der Waals surface area contributed by atoms with Gasteiger partial charge in [0.15, 0.2) is 0 Å². The van der Waals surface area contributed by atoms with Crippen LogP contribution >= 0.6 is 8.60 Å². The molecule has 120 valence electrons. The Morgan fingerprint density at radius 2 is 1.62 bits per heavy atom. The Hall–Kier alpha value is -0.510. The summed E-state index contributed by atoms with van der Waals surface area (Å²) in [6, 6.07) is 6.04. The van der Waals surface area contributed by atoms with E-state index < -0.39 is 14.7 Å². The largest absolute Gasteiger partial charge is 0.386 e. The summed E-state index contributed by atoms with van der Waals surface area (Å²) in [5, 5.41) is 10.3. The average Bonchev–Trinajstić information content (AvgIpc) is 2.33. The van der Waals surface area contributed by atoms with E-state index in [1.54, 1.807) is 0 Å². The predicted octanol–water partition coefficient (Wildman–Crippen LogP) is 3.54. The van der Waals surface area contributed by atoms with Crippen LogP contribution in [0.25, 0.3) is 0 Å². The highest BCUT2D eigenvalue weighted by molar-refractivity contribution is 7.39. The first kappa shape index (κ1) is 18.5. The van der Waals surface area contributed by atoms with Crippen molar-refractivity contribution in [3.63, 3.8) is 0 Å². The van der Waals surface area contributed by atoms with Gasteiger partial charge in [-0.05, 0) is 27.5 Å². The Bertz CT molecular complexity index is 472. The van der Waals surface area contributed by atoms with Gasteiger partial charge in [-0.1, -0.05) is 59.7 Å². The first-order chi connectivity index (χ1) is 9.43. The lowest BCUT2D eigenvalue weighted by atomic mass is 9.77. The minimum absolute atomic E-state index is 0.0322. The molecule has 1 rings (SSSR count). The van der Waals surface area contributed by atoms with Crippen LogP contribution in [-0.2, 0) is 15.4 Å². The second-order valence-corrected chi connectivity index (χ2v) is 8.13. The van der Waals surface area contributed by atoms with E-state index in [4.69, 9.17) is 14.3 Å². The SMILES string of the molecule is CC(C)(C)c1ccc(C(O)COP(O)O)c(C(C)(C)C)c1. The molecule has 0 saturated heterocycles. The fourth-order valence-corrected chi connectivity index (χ4v) is 2.46. The zero-order valence-corrected chi connectivity index (χ0v) is 14.6. The van der Waals surface area contributed by atoms with Crippen molar-refractivity contribution in [2.75, 3.05) is 6.61 Å². The van der Waals surface area contributed by atoms with Crippen LogP contribution in [0.1, 0.15) is 64.3 Å². The van der Waals surface area contributed by atoms with Crippen molar-refractivity contribution < 1.29 is 19.4 Å². The topological polar surface area (TPSA) is 69.9 Å². The molecular formula is C16H27O4P. The molecule has 0 bridgehead atoms. The zero-order valence-electron chi connectivity index (χ0n) is 13.7. The lowest BCUT2D eigenvalue weighted by molar-refractivity contribution is 0.0978. The molecule has 0 amide bonds. The third-order valence-electron chi connectivity index (χ3n) is 3.43. The second-order valence-electron chi connectivity index (χ2n) is 7.37. The van der Waals surface area contributed by atoms with Crippen LogP contribution in [0.3, 0.4) is 0 Å². The van der Waals surface area contributed by atoms with Crippen molar-refractivity contribution in [3.05, 3.63) is 34.9 Å². The maximum atomic E-state index is 10.3. The summed E-state index contributed by atoms with van der Waals surface area (Å²) in [4.78, 5) is 17.6. The van der Waals surface area contributed by atoms with Crippen LogP contribution in [-0.4, -0.2) is 21.5 Å². The molecule has 0 aromatic heterocycles. The monoisotopic (exact) mass is 314 g/mol. The predicted molar refractivity (Wildman–Crippen MR) is 86.1 cm³/mol. The number of aliphatic hydroxyl groups is 1. The molecule has 0 radical (unpaired) electrons. The van der Waals surface area contributed by atoms with Gasteiger partial charge in [0.25, 0.3) is 0 Å². The number of benzene rings is 1. The third kappa shape index (κ3) is 5.32. The van der Waals surface area contributed by atoms with Crippen LogP contribution in [0, 0.1) is 0 Å². The van der Waals surface area contributed by atoms with Crippen LogP contribution < -0.4 is 0 Å². The van der Waals surface area contributed by atoms with Gasteiger partial charge >= 0.3 is 8.60 Å². The van der Waals surface area contributed by atoms with Crippen LogP contribution in [0.4, 0.5) is 0 Å². The Morgan fingerprint density at radius 3 is 2.05 bits per heavy atom. The molecule has 1 atom stereocenters. The second kappa shape index (κ2) is 6.72. The van der Waals surface area contributed by atoms with Gasteiger partial charge in [-0.2, -0.15) is 0 Å². The van der Waals surface area contributed by atoms with Crippen LogP contribution in [0.2, 0.25) is 0 Å². The highest BCUT2D eigenvalue weighted by atomic mass is 31.2. The molecule has 1 aromatic rings. The van der Waals surface area contributed by atoms with Gasteiger partial charge in [-0.3, -0.25) is 0 Å². The minimum Gasteiger partial charge on any atom is -0.386 e. The van der Waals surface area contributed by atoms with Crippen molar-refractivity contribution >= 4 is 8.60 Å². The van der Waals surface area contributed by atoms with Gasteiger partial charge in [-0.25, -0.2) is 0 Å². The fourth-order valence-electron chi connectivity index (χ4n) is 2.19. The van der Waals surface area contributed by atoms with E-state index in [9.17, 15) is 5.11 Å². The molecule has 3 N–H and O–H groups in total. The first-order valence-corrected chi connectivity index (χ1v) is 8.23. The smallest absolute Gasteiger partial charge is 0.327 e. The fraction of sp³-hybridized carbons (Fsp3) is 0.625. The third-order valence-corrected chi connectivity index (χ3v) is 3.81. The molecular weight excluding hydrogens is 287 g/mol. The van der Waals surface area contributed by atoms with Crippen molar-refractivity contribution in [1.29, 1.82) is 0 Å². The average molecular weight is 314 g/mol. The van der Waals surface area contributed by atoms with Gasteiger partial charge in [0.05, 0.1) is 6.61 Å². The zero-order chi connectivity index (χ0) is 16.4.